The van der Waals surface area contributed by atoms with Crippen molar-refractivity contribution < 1.29 is 13.9 Å². The van der Waals surface area contributed by atoms with E-state index < -0.39 is 11.2 Å². The van der Waals surface area contributed by atoms with Crippen molar-refractivity contribution in [3.63, 3.8) is 0 Å². The van der Waals surface area contributed by atoms with Gasteiger partial charge < -0.3 is 14.5 Å². The van der Waals surface area contributed by atoms with Crippen molar-refractivity contribution in [3.8, 4) is 28.6 Å². The number of aromatic nitrogens is 5. The lowest BCUT2D eigenvalue weighted by atomic mass is 9.69. The first-order valence-corrected chi connectivity index (χ1v) is 11.8. The molecular formula is C28H24FN5O2. The van der Waals surface area contributed by atoms with Crippen LogP contribution in [0.3, 0.4) is 0 Å². The number of fused-ring (bicyclic) bond motifs is 3. The van der Waals surface area contributed by atoms with Crippen molar-refractivity contribution in [1.82, 2.24) is 24.9 Å². The molecule has 1 N–H and O–H groups in total. The molecule has 2 aromatic carbocycles. The van der Waals surface area contributed by atoms with Gasteiger partial charge in [0.25, 0.3) is 0 Å². The first-order valence-electron chi connectivity index (χ1n) is 11.8. The second-order valence-electron chi connectivity index (χ2n) is 9.28. The van der Waals surface area contributed by atoms with Gasteiger partial charge in [-0.25, -0.2) is 24.3 Å². The van der Waals surface area contributed by atoms with Gasteiger partial charge in [0, 0.05) is 40.4 Å². The first kappa shape index (κ1) is 22.2. The number of hydrogen-bond donors (Lipinski definition) is 1. The molecule has 0 fully saturated rings. The highest BCUT2D eigenvalue weighted by atomic mass is 19.1. The van der Waals surface area contributed by atoms with Crippen LogP contribution >= 0.6 is 0 Å². The lowest BCUT2D eigenvalue weighted by Gasteiger charge is -2.37. The number of aromatic amines is 1. The van der Waals surface area contributed by atoms with Gasteiger partial charge in [-0.3, -0.25) is 0 Å². The Hall–Kier alpha value is -4.33. The number of para-hydroxylation sites is 1. The van der Waals surface area contributed by atoms with Crippen LogP contribution in [0.1, 0.15) is 43.6 Å². The minimum atomic E-state index is -0.591. The molecule has 36 heavy (non-hydrogen) atoms. The Bertz CT molecular complexity index is 1550. The summed E-state index contributed by atoms with van der Waals surface area (Å²) in [4.78, 5) is 21.5. The maximum atomic E-state index is 15.0. The molecule has 7 nitrogen and oxygen atoms in total. The van der Waals surface area contributed by atoms with E-state index in [0.29, 0.717) is 29.6 Å². The zero-order chi connectivity index (χ0) is 24.9. The molecule has 1 aliphatic heterocycles. The highest BCUT2D eigenvalue weighted by Gasteiger charge is 2.43. The van der Waals surface area contributed by atoms with Gasteiger partial charge in [0.05, 0.1) is 12.3 Å². The van der Waals surface area contributed by atoms with Crippen LogP contribution < -0.4 is 9.47 Å². The van der Waals surface area contributed by atoms with E-state index in [1.54, 1.807) is 18.5 Å². The Morgan fingerprint density at radius 1 is 0.972 bits per heavy atom. The molecular weight excluding hydrogens is 457 g/mol. The summed E-state index contributed by atoms with van der Waals surface area (Å²) in [5.74, 6) is 1.35. The van der Waals surface area contributed by atoms with Crippen LogP contribution in [0.5, 0.6) is 17.4 Å². The number of pyridine rings is 1. The fourth-order valence-corrected chi connectivity index (χ4v) is 4.89. The third kappa shape index (κ3) is 3.57. The number of nitrogens with zero attached hydrogens (tertiary/aromatic N) is 4. The third-order valence-electron chi connectivity index (χ3n) is 6.63. The Kier molecular flexibility index (Phi) is 5.17. The summed E-state index contributed by atoms with van der Waals surface area (Å²) >= 11 is 0. The largest absolute Gasteiger partial charge is 0.494 e. The Morgan fingerprint density at radius 2 is 1.78 bits per heavy atom. The molecule has 0 saturated carbocycles. The molecule has 0 radical (unpaired) electrons. The van der Waals surface area contributed by atoms with E-state index in [9.17, 15) is 0 Å². The van der Waals surface area contributed by atoms with E-state index >= 15 is 4.39 Å². The van der Waals surface area contributed by atoms with Crippen molar-refractivity contribution in [3.05, 3.63) is 89.8 Å². The maximum absolute atomic E-state index is 15.0. The van der Waals surface area contributed by atoms with Crippen molar-refractivity contribution in [2.45, 2.75) is 32.1 Å². The molecule has 1 atom stereocenters. The van der Waals surface area contributed by atoms with Crippen molar-refractivity contribution in [2.24, 2.45) is 0 Å². The second kappa shape index (κ2) is 8.41. The van der Waals surface area contributed by atoms with Gasteiger partial charge >= 0.3 is 0 Å². The average Bonchev–Trinajstić information content (AvgIpc) is 3.34. The van der Waals surface area contributed by atoms with E-state index in [4.69, 9.17) is 19.4 Å². The molecule has 1 unspecified atom stereocenters. The van der Waals surface area contributed by atoms with Crippen molar-refractivity contribution in [2.75, 3.05) is 6.61 Å². The zero-order valence-corrected chi connectivity index (χ0v) is 20.1. The molecule has 5 aromatic rings. The molecule has 4 heterocycles. The summed E-state index contributed by atoms with van der Waals surface area (Å²) in [5.41, 5.74) is 3.79. The van der Waals surface area contributed by atoms with Crippen LogP contribution in [-0.4, -0.2) is 31.5 Å². The molecule has 180 valence electrons. The van der Waals surface area contributed by atoms with Gasteiger partial charge in [0.1, 0.15) is 11.6 Å². The molecule has 6 rings (SSSR count). The number of halogens is 1. The number of nitrogens with one attached hydrogen (secondary N) is 1. The Labute approximate surface area is 207 Å². The third-order valence-corrected chi connectivity index (χ3v) is 6.63. The van der Waals surface area contributed by atoms with Gasteiger partial charge in [-0.15, -0.1) is 0 Å². The topological polar surface area (TPSA) is 85.8 Å². The van der Waals surface area contributed by atoms with Crippen molar-refractivity contribution in [1.29, 1.82) is 0 Å². The number of ether oxygens (including phenoxy) is 2. The van der Waals surface area contributed by atoms with Crippen LogP contribution in [0.25, 0.3) is 22.6 Å². The fourth-order valence-electron chi connectivity index (χ4n) is 4.89. The van der Waals surface area contributed by atoms with Crippen LogP contribution in [0.15, 0.2) is 67.0 Å². The molecule has 0 bridgehead atoms. The number of benzene rings is 2. The Morgan fingerprint density at radius 3 is 2.56 bits per heavy atom. The van der Waals surface area contributed by atoms with Gasteiger partial charge in [0.15, 0.2) is 22.9 Å². The van der Waals surface area contributed by atoms with Crippen LogP contribution in [0, 0.1) is 5.82 Å². The quantitative estimate of drug-likeness (QED) is 0.323. The number of H-pyrrole nitrogens is 1. The summed E-state index contributed by atoms with van der Waals surface area (Å²) in [6, 6.07) is 16.7. The first-order chi connectivity index (χ1) is 17.5. The predicted octanol–water partition coefficient (Wildman–Crippen LogP) is 6.17. The average molecular weight is 482 g/mol. The smallest absolute Gasteiger partial charge is 0.223 e. The van der Waals surface area contributed by atoms with Gasteiger partial charge in [-0.2, -0.15) is 0 Å². The fraction of sp³-hybridized carbons (Fsp3) is 0.214. The van der Waals surface area contributed by atoms with Crippen LogP contribution in [0.2, 0.25) is 0 Å². The van der Waals surface area contributed by atoms with Crippen LogP contribution in [0.4, 0.5) is 4.39 Å². The minimum Gasteiger partial charge on any atom is -0.494 e. The monoisotopic (exact) mass is 481 g/mol. The maximum Gasteiger partial charge on any atom is 0.223 e. The van der Waals surface area contributed by atoms with Gasteiger partial charge in [-0.05, 0) is 43.3 Å². The Balaban J connectivity index is 1.48. The number of hydrogen-bond acceptors (Lipinski definition) is 6. The predicted molar refractivity (Wildman–Crippen MR) is 134 cm³/mol. The molecule has 8 heteroatoms. The zero-order valence-electron chi connectivity index (χ0n) is 20.1. The SMILES string of the molecule is CCOc1ccc(-c2ccc3c(n2)Oc2c(F)cccc2C3C(C)(C)c2nc3nccnc3[nH]2)cc1. The van der Waals surface area contributed by atoms with Crippen molar-refractivity contribution >= 4 is 11.3 Å². The summed E-state index contributed by atoms with van der Waals surface area (Å²) in [5, 5.41) is 0. The molecule has 3 aromatic heterocycles. The molecule has 0 spiro atoms. The summed E-state index contributed by atoms with van der Waals surface area (Å²) < 4.78 is 26.7. The lowest BCUT2D eigenvalue weighted by Crippen LogP contribution is -2.32. The van der Waals surface area contributed by atoms with Gasteiger partial charge in [0.2, 0.25) is 5.88 Å². The van der Waals surface area contributed by atoms with E-state index in [-0.39, 0.29) is 11.7 Å². The minimum absolute atomic E-state index is 0.187. The number of imidazole rings is 1. The van der Waals surface area contributed by atoms with Crippen LogP contribution in [-0.2, 0) is 5.41 Å². The summed E-state index contributed by atoms with van der Waals surface area (Å²) in [7, 11) is 0. The van der Waals surface area contributed by atoms with E-state index in [0.717, 1.165) is 28.1 Å². The van der Waals surface area contributed by atoms with E-state index in [1.165, 1.54) is 6.07 Å². The summed E-state index contributed by atoms with van der Waals surface area (Å²) in [6.07, 6.45) is 3.23. The molecule has 0 saturated heterocycles. The highest BCUT2D eigenvalue weighted by Crippen LogP contribution is 2.52. The standard InChI is InChI=1S/C28H24FN5O2/c1-4-35-17-10-8-16(9-11-17)21-13-12-19-22(18-6-5-7-20(29)23(18)36-26(19)32-21)28(2,3)27-33-24-25(34-27)31-15-14-30-24/h5-15,22H,4H2,1-3H3,(H,30,31,33,34). The van der Waals surface area contributed by atoms with E-state index in [1.807, 2.05) is 49.4 Å². The lowest BCUT2D eigenvalue weighted by molar-refractivity contribution is 0.340. The summed E-state index contributed by atoms with van der Waals surface area (Å²) in [6.45, 7) is 6.69. The number of rotatable bonds is 5. The second-order valence-corrected chi connectivity index (χ2v) is 9.28. The molecule has 0 amide bonds. The normalized spacial score (nSPS) is 14.7. The van der Waals surface area contributed by atoms with E-state index in [2.05, 4.69) is 28.8 Å². The molecule has 0 aliphatic carbocycles. The highest BCUT2D eigenvalue weighted by molar-refractivity contribution is 5.66. The molecule has 1 aliphatic rings. The van der Waals surface area contributed by atoms with Gasteiger partial charge in [-0.1, -0.05) is 32.0 Å².